The maximum atomic E-state index is 11.4. The van der Waals surface area contributed by atoms with Gasteiger partial charge < -0.3 is 4.18 Å². The van der Waals surface area contributed by atoms with Crippen LogP contribution in [0.2, 0.25) is 0 Å². The summed E-state index contributed by atoms with van der Waals surface area (Å²) in [5, 5.41) is 0. The van der Waals surface area contributed by atoms with Gasteiger partial charge >= 0.3 is 10.1 Å². The van der Waals surface area contributed by atoms with Crippen LogP contribution >= 0.6 is 22.6 Å². The van der Waals surface area contributed by atoms with Gasteiger partial charge in [0.2, 0.25) is 0 Å². The first-order valence-corrected chi connectivity index (χ1v) is 6.47. The molecule has 0 saturated carbocycles. The second-order valence-electron chi connectivity index (χ2n) is 2.63. The van der Waals surface area contributed by atoms with Crippen LogP contribution in [0.3, 0.4) is 0 Å². The Hall–Kier alpha value is -0.560. The molecule has 0 aliphatic rings. The van der Waals surface area contributed by atoms with E-state index >= 15 is 0 Å². The fourth-order valence-corrected chi connectivity index (χ4v) is 1.98. The zero-order chi connectivity index (χ0) is 10.6. The van der Waals surface area contributed by atoms with Gasteiger partial charge in [-0.05, 0) is 41.6 Å². The van der Waals surface area contributed by atoms with Crippen LogP contribution in [0.15, 0.2) is 39.5 Å². The molecule has 0 amide bonds. The number of rotatable bonds is 3. The number of hydrogen-bond donors (Lipinski definition) is 0. The highest BCUT2D eigenvalue weighted by molar-refractivity contribution is 14.1. The zero-order valence-corrected chi connectivity index (χ0v) is 10.4. The van der Waals surface area contributed by atoms with E-state index in [1.165, 1.54) is 16.2 Å². The molecule has 0 atom stereocenters. The molecular weight excluding hydrogens is 315 g/mol. The molecule has 1 aromatic carbocycles. The van der Waals surface area contributed by atoms with Gasteiger partial charge in [0.1, 0.15) is 11.2 Å². The summed E-state index contributed by atoms with van der Waals surface area (Å²) in [6.07, 6.45) is 1.13. The summed E-state index contributed by atoms with van der Waals surface area (Å²) in [5.41, 5.74) is 1.01. The predicted octanol–water partition coefficient (Wildman–Crippen LogP) is 2.61. The van der Waals surface area contributed by atoms with Crippen LogP contribution in [0, 0.1) is 6.92 Å². The summed E-state index contributed by atoms with van der Waals surface area (Å²) in [4.78, 5) is 0.164. The minimum atomic E-state index is -3.63. The second-order valence-corrected chi connectivity index (χ2v) is 4.92. The summed E-state index contributed by atoms with van der Waals surface area (Å²) in [5.74, 6) is 0. The minimum Gasteiger partial charge on any atom is -0.386 e. The van der Waals surface area contributed by atoms with E-state index in [0.717, 1.165) is 11.8 Å². The van der Waals surface area contributed by atoms with E-state index in [1.54, 1.807) is 12.1 Å². The molecular formula is C9H9IO3S. The van der Waals surface area contributed by atoms with Crippen LogP contribution in [0.5, 0.6) is 0 Å². The molecule has 0 saturated heterocycles. The summed E-state index contributed by atoms with van der Waals surface area (Å²) in [6, 6.07) is 6.49. The number of aryl methyl sites for hydroxylation is 1. The van der Waals surface area contributed by atoms with E-state index in [4.69, 9.17) is 0 Å². The van der Waals surface area contributed by atoms with Crippen LogP contribution < -0.4 is 0 Å². The van der Waals surface area contributed by atoms with Crippen molar-refractivity contribution in [3.8, 4) is 0 Å². The highest BCUT2D eigenvalue weighted by atomic mass is 127. The predicted molar refractivity (Wildman–Crippen MR) is 62.6 cm³/mol. The molecule has 0 aromatic heterocycles. The Balaban J connectivity index is 2.99. The molecule has 0 N–H and O–H groups in total. The van der Waals surface area contributed by atoms with Gasteiger partial charge in [0.25, 0.3) is 0 Å². The smallest absolute Gasteiger partial charge is 0.338 e. The van der Waals surface area contributed by atoms with Gasteiger partial charge in [-0.3, -0.25) is 0 Å². The van der Waals surface area contributed by atoms with E-state index in [2.05, 4.69) is 4.18 Å². The Kier molecular flexibility index (Phi) is 3.94. The van der Waals surface area contributed by atoms with Gasteiger partial charge in [-0.1, -0.05) is 17.7 Å². The lowest BCUT2D eigenvalue weighted by atomic mass is 10.2. The Morgan fingerprint density at radius 1 is 1.29 bits per heavy atom. The van der Waals surface area contributed by atoms with Crippen LogP contribution in [0.25, 0.3) is 0 Å². The van der Waals surface area contributed by atoms with Gasteiger partial charge in [-0.25, -0.2) is 0 Å². The van der Waals surface area contributed by atoms with Gasteiger partial charge in [-0.2, -0.15) is 8.42 Å². The van der Waals surface area contributed by atoms with E-state index in [9.17, 15) is 8.42 Å². The Bertz CT molecular complexity index is 420. The largest absolute Gasteiger partial charge is 0.386 e. The topological polar surface area (TPSA) is 43.4 Å². The van der Waals surface area contributed by atoms with E-state index < -0.39 is 10.1 Å². The molecule has 0 fully saturated rings. The molecule has 0 unspecified atom stereocenters. The maximum Gasteiger partial charge on any atom is 0.338 e. The van der Waals surface area contributed by atoms with Crippen molar-refractivity contribution < 1.29 is 12.6 Å². The Labute approximate surface area is 97.0 Å². The molecule has 0 spiro atoms. The number of hydrogen-bond acceptors (Lipinski definition) is 3. The van der Waals surface area contributed by atoms with Crippen molar-refractivity contribution in [3.05, 3.63) is 40.2 Å². The highest BCUT2D eigenvalue weighted by Gasteiger charge is 2.12. The van der Waals surface area contributed by atoms with Crippen molar-refractivity contribution in [2.75, 3.05) is 0 Å². The monoisotopic (exact) mass is 324 g/mol. The molecule has 1 rings (SSSR count). The maximum absolute atomic E-state index is 11.4. The van der Waals surface area contributed by atoms with Crippen molar-refractivity contribution in [1.82, 2.24) is 0 Å². The Morgan fingerprint density at radius 3 is 2.36 bits per heavy atom. The van der Waals surface area contributed by atoms with Crippen molar-refractivity contribution in [2.45, 2.75) is 11.8 Å². The summed E-state index contributed by atoms with van der Waals surface area (Å²) >= 11 is 1.88. The molecule has 0 bridgehead atoms. The lowest BCUT2D eigenvalue weighted by Crippen LogP contribution is -2.01. The lowest BCUT2D eigenvalue weighted by Gasteiger charge is -2.02. The molecule has 0 aliphatic heterocycles. The highest BCUT2D eigenvalue weighted by Crippen LogP contribution is 2.13. The van der Waals surface area contributed by atoms with Crippen LogP contribution in [-0.2, 0) is 14.3 Å². The first kappa shape index (κ1) is 11.5. The summed E-state index contributed by atoms with van der Waals surface area (Å²) in [6.45, 7) is 1.89. The first-order valence-electron chi connectivity index (χ1n) is 3.81. The fraction of sp³-hybridized carbons (Fsp3) is 0.111. The SMILES string of the molecule is Cc1ccc(S(=O)(=O)O/C=C/I)cc1. The zero-order valence-electron chi connectivity index (χ0n) is 7.48. The van der Waals surface area contributed by atoms with Crippen LogP contribution in [-0.4, -0.2) is 8.42 Å². The standard InChI is InChI=1S/C9H9IO3S/c1-8-2-4-9(5-3-8)14(11,12)13-7-6-10/h2-7H,1H3/b7-6+. The van der Waals surface area contributed by atoms with E-state index in [0.29, 0.717) is 0 Å². The van der Waals surface area contributed by atoms with Crippen molar-refractivity contribution >= 4 is 32.7 Å². The Morgan fingerprint density at radius 2 is 1.86 bits per heavy atom. The average molecular weight is 324 g/mol. The second kappa shape index (κ2) is 4.79. The molecule has 5 heteroatoms. The molecule has 14 heavy (non-hydrogen) atoms. The average Bonchev–Trinajstić information content (AvgIpc) is 2.16. The molecule has 1 aromatic rings. The van der Waals surface area contributed by atoms with Crippen LogP contribution in [0.1, 0.15) is 5.56 Å². The molecule has 0 radical (unpaired) electrons. The third-order valence-electron chi connectivity index (χ3n) is 1.54. The van der Waals surface area contributed by atoms with E-state index in [-0.39, 0.29) is 4.90 Å². The van der Waals surface area contributed by atoms with Crippen molar-refractivity contribution in [3.63, 3.8) is 0 Å². The van der Waals surface area contributed by atoms with Crippen LogP contribution in [0.4, 0.5) is 0 Å². The van der Waals surface area contributed by atoms with E-state index in [1.807, 2.05) is 29.5 Å². The third-order valence-corrected chi connectivity index (χ3v) is 3.05. The first-order chi connectivity index (χ1) is 6.56. The number of halogens is 1. The van der Waals surface area contributed by atoms with Gasteiger partial charge in [0.15, 0.2) is 0 Å². The normalized spacial score (nSPS) is 11.9. The summed E-state index contributed by atoms with van der Waals surface area (Å²) < 4.78 is 28.9. The van der Waals surface area contributed by atoms with Gasteiger partial charge in [0.05, 0.1) is 0 Å². The van der Waals surface area contributed by atoms with Gasteiger partial charge in [-0.15, -0.1) is 0 Å². The summed E-state index contributed by atoms with van der Waals surface area (Å²) in [7, 11) is -3.63. The fourth-order valence-electron chi connectivity index (χ4n) is 0.855. The third kappa shape index (κ3) is 2.98. The number of benzene rings is 1. The molecule has 0 heterocycles. The van der Waals surface area contributed by atoms with Crippen molar-refractivity contribution in [2.24, 2.45) is 0 Å². The van der Waals surface area contributed by atoms with Crippen molar-refractivity contribution in [1.29, 1.82) is 0 Å². The quantitative estimate of drug-likeness (QED) is 0.488. The van der Waals surface area contributed by atoms with Gasteiger partial charge in [0, 0.05) is 4.08 Å². The molecule has 3 nitrogen and oxygen atoms in total. The minimum absolute atomic E-state index is 0.164. The lowest BCUT2D eigenvalue weighted by molar-refractivity contribution is 0.444. The molecule has 0 aliphatic carbocycles. The molecule has 76 valence electrons.